The van der Waals surface area contributed by atoms with Crippen molar-refractivity contribution in [2.45, 2.75) is 308 Å². The van der Waals surface area contributed by atoms with Gasteiger partial charge in [-0.1, -0.05) is 40.0 Å². The zero-order valence-corrected chi connectivity index (χ0v) is 42.4. The van der Waals surface area contributed by atoms with Gasteiger partial charge in [0, 0.05) is 0 Å². The van der Waals surface area contributed by atoms with Crippen molar-refractivity contribution < 1.29 is 23.6 Å². The van der Waals surface area contributed by atoms with Crippen molar-refractivity contribution >= 4 is 37.5 Å². The van der Waals surface area contributed by atoms with Crippen molar-refractivity contribution in [3.05, 3.63) is 0 Å². The molecule has 0 aromatic carbocycles. The van der Waals surface area contributed by atoms with Gasteiger partial charge in [-0.25, -0.2) is 0 Å². The molecule has 0 aliphatic heterocycles. The Morgan fingerprint density at radius 3 is 0.638 bits per heavy atom. The van der Waals surface area contributed by atoms with Gasteiger partial charge in [0.05, 0.1) is 0 Å². The van der Waals surface area contributed by atoms with Gasteiger partial charge in [-0.3, -0.25) is 0 Å². The second-order valence-corrected chi connectivity index (χ2v) is 24.9. The van der Waals surface area contributed by atoms with Gasteiger partial charge in [0.2, 0.25) is 0 Å². The minimum atomic E-state index is -4.91. The van der Waals surface area contributed by atoms with Crippen molar-refractivity contribution in [3.63, 3.8) is 0 Å². The number of carbonyl (C=O) groups excluding carboxylic acids is 3. The van der Waals surface area contributed by atoms with Crippen LogP contribution >= 0.6 is 0 Å². The second-order valence-electron chi connectivity index (χ2n) is 17.8. The molecular formula is C51H100O6Sn. The van der Waals surface area contributed by atoms with E-state index in [-0.39, 0.29) is 17.9 Å². The van der Waals surface area contributed by atoms with Crippen LogP contribution < -0.4 is 0 Å². The molecule has 0 N–H and O–H groups in total. The Bertz CT molecular complexity index is 801. The van der Waals surface area contributed by atoms with Crippen LogP contribution in [-0.2, 0) is 23.6 Å². The van der Waals surface area contributed by atoms with Gasteiger partial charge < -0.3 is 0 Å². The summed E-state index contributed by atoms with van der Waals surface area (Å²) < 4.78 is 19.1. The summed E-state index contributed by atoms with van der Waals surface area (Å²) in [5.74, 6) is -1.04. The zero-order chi connectivity index (χ0) is 42.5. The zero-order valence-electron chi connectivity index (χ0n) is 39.6. The smallest absolute Gasteiger partial charge is 0.0654 e. The molecular weight excluding hydrogens is 827 g/mol. The van der Waals surface area contributed by atoms with E-state index in [1.165, 1.54) is 180 Å². The van der Waals surface area contributed by atoms with Gasteiger partial charge in [0.25, 0.3) is 0 Å². The van der Waals surface area contributed by atoms with Crippen molar-refractivity contribution in [3.8, 4) is 0 Å². The van der Waals surface area contributed by atoms with Crippen LogP contribution in [0.4, 0.5) is 0 Å². The van der Waals surface area contributed by atoms with Crippen molar-refractivity contribution in [2.75, 3.05) is 0 Å². The molecule has 0 spiro atoms. The van der Waals surface area contributed by atoms with Gasteiger partial charge in [0.1, 0.15) is 0 Å². The number of carbonyl (C=O) groups is 3. The van der Waals surface area contributed by atoms with Gasteiger partial charge in [-0.05, 0) is 0 Å². The summed E-state index contributed by atoms with van der Waals surface area (Å²) in [6, 6.07) is 0. The van der Waals surface area contributed by atoms with Crippen LogP contribution in [0.15, 0.2) is 0 Å². The summed E-state index contributed by atoms with van der Waals surface area (Å²) in [5, 5.41) is 0. The SMILES string of the molecule is CCCCCCCCCCCCC(=O)[O][Sn]([CH2]CCCCCCCCCCC)([O]C(=O)CCCCCCCCCCCC)[O]C(=O)CCCCCCCCCCCC. The third kappa shape index (κ3) is 40.6. The molecule has 0 saturated carbocycles. The molecule has 0 aliphatic rings. The number of unbranched alkanes of at least 4 members (excludes halogenated alkanes) is 36. The van der Waals surface area contributed by atoms with E-state index in [0.29, 0.717) is 23.7 Å². The first kappa shape index (κ1) is 57.2. The minimum absolute atomic E-state index is 0.291. The molecule has 58 heavy (non-hydrogen) atoms. The average molecular weight is 928 g/mol. The van der Waals surface area contributed by atoms with E-state index >= 15 is 0 Å². The molecule has 0 aromatic heterocycles. The van der Waals surface area contributed by atoms with Crippen molar-refractivity contribution in [1.82, 2.24) is 0 Å². The number of rotatable bonds is 47. The van der Waals surface area contributed by atoms with E-state index in [1.807, 2.05) is 0 Å². The molecule has 0 unspecified atom stereocenters. The maximum atomic E-state index is 13.5. The summed E-state index contributed by atoms with van der Waals surface area (Å²) in [6.45, 7) is 9.02. The molecule has 0 rings (SSSR count). The van der Waals surface area contributed by atoms with Crippen LogP contribution in [0.25, 0.3) is 0 Å². The molecule has 6 nitrogen and oxygen atoms in total. The van der Waals surface area contributed by atoms with Crippen LogP contribution in [-0.4, -0.2) is 37.5 Å². The fourth-order valence-corrected chi connectivity index (χ4v) is 15.0. The predicted molar refractivity (Wildman–Crippen MR) is 250 cm³/mol. The molecule has 0 heterocycles. The van der Waals surface area contributed by atoms with Crippen LogP contribution in [0, 0.1) is 0 Å². The summed E-state index contributed by atoms with van der Waals surface area (Å²) in [6.07, 6.45) is 48.3. The Hall–Kier alpha value is -0.791. The molecule has 0 aromatic rings. The van der Waals surface area contributed by atoms with E-state index in [2.05, 4.69) is 27.7 Å². The summed E-state index contributed by atoms with van der Waals surface area (Å²) in [7, 11) is 0. The fraction of sp³-hybridized carbons (Fsp3) is 0.941. The normalized spacial score (nSPS) is 11.6. The molecule has 0 atom stereocenters. The van der Waals surface area contributed by atoms with E-state index in [9.17, 15) is 14.4 Å². The standard InChI is InChI=1S/3C13H26O2.C12H25.Sn/c3*1-2-3-4-5-6-7-8-9-10-11-12-13(14)15;1-3-5-7-9-11-12-10-8-6-4-2;/h3*2-12H2,1H3,(H,14,15);1,3-12H2,2H3;/q;;;;+3/p-3. The quantitative estimate of drug-likeness (QED) is 0.0447. The Labute approximate surface area is 367 Å². The maximum absolute atomic E-state index is 13.5. The Morgan fingerprint density at radius 1 is 0.259 bits per heavy atom. The van der Waals surface area contributed by atoms with Gasteiger partial charge in [0.15, 0.2) is 0 Å². The van der Waals surface area contributed by atoms with E-state index in [1.54, 1.807) is 0 Å². The third-order valence-corrected chi connectivity index (χ3v) is 19.2. The first-order valence-corrected chi connectivity index (χ1v) is 31.6. The molecule has 0 bridgehead atoms. The molecule has 0 radical (unpaired) electrons. The van der Waals surface area contributed by atoms with E-state index in [0.717, 1.165) is 77.0 Å². The van der Waals surface area contributed by atoms with Crippen LogP contribution in [0.3, 0.4) is 0 Å². The van der Waals surface area contributed by atoms with Crippen molar-refractivity contribution in [1.29, 1.82) is 0 Å². The summed E-state index contributed by atoms with van der Waals surface area (Å²) in [4.78, 5) is 40.4. The first-order chi connectivity index (χ1) is 28.4. The average Bonchev–Trinajstić information content (AvgIpc) is 3.20. The Balaban J connectivity index is 5.35. The van der Waals surface area contributed by atoms with E-state index in [4.69, 9.17) is 9.22 Å². The van der Waals surface area contributed by atoms with Crippen LogP contribution in [0.5, 0.6) is 0 Å². The second kappa shape index (κ2) is 45.7. The number of hydrogen-bond acceptors (Lipinski definition) is 6. The fourth-order valence-electron chi connectivity index (χ4n) is 7.99. The van der Waals surface area contributed by atoms with Crippen molar-refractivity contribution in [2.24, 2.45) is 0 Å². The number of hydrogen-bond donors (Lipinski definition) is 0. The van der Waals surface area contributed by atoms with Gasteiger partial charge in [-0.2, -0.15) is 0 Å². The Morgan fingerprint density at radius 2 is 0.431 bits per heavy atom. The summed E-state index contributed by atoms with van der Waals surface area (Å²) in [5.41, 5.74) is 0. The minimum Gasteiger partial charge on any atom is -0.0654 e. The van der Waals surface area contributed by atoms with Crippen LogP contribution in [0.2, 0.25) is 4.44 Å². The molecule has 0 aliphatic carbocycles. The first-order valence-electron chi connectivity index (χ1n) is 26.1. The van der Waals surface area contributed by atoms with E-state index < -0.39 is 19.6 Å². The topological polar surface area (TPSA) is 78.9 Å². The molecule has 0 fully saturated rings. The van der Waals surface area contributed by atoms with Gasteiger partial charge >= 0.3 is 329 Å². The monoisotopic (exact) mass is 929 g/mol. The predicted octanol–water partition coefficient (Wildman–Crippen LogP) is 17.4. The van der Waals surface area contributed by atoms with Crippen LogP contribution in [0.1, 0.15) is 304 Å². The molecule has 0 amide bonds. The Kier molecular flexibility index (Phi) is 45.1. The van der Waals surface area contributed by atoms with Gasteiger partial charge in [-0.15, -0.1) is 0 Å². The molecule has 7 heteroatoms. The third-order valence-electron chi connectivity index (χ3n) is 11.8. The molecule has 344 valence electrons. The molecule has 0 saturated heterocycles. The summed E-state index contributed by atoms with van der Waals surface area (Å²) >= 11 is -4.91.